The maximum atomic E-state index is 13.0. The average molecular weight is 382 g/mol. The number of hydrogen-bond donors (Lipinski definition) is 1. The second-order valence-corrected chi connectivity index (χ2v) is 6.96. The Kier molecular flexibility index (Phi) is 4.86. The molecule has 1 fully saturated rings. The van der Waals surface area contributed by atoms with Crippen LogP contribution in [0.3, 0.4) is 0 Å². The molecule has 6 heteroatoms. The predicted octanol–water partition coefficient (Wildman–Crippen LogP) is 4.75. The summed E-state index contributed by atoms with van der Waals surface area (Å²) >= 11 is 6.18. The quantitative estimate of drug-likeness (QED) is 0.708. The number of hydrogen-bond acceptors (Lipinski definition) is 4. The molecule has 1 aliphatic rings. The van der Waals surface area contributed by atoms with Crippen LogP contribution in [0.25, 0.3) is 10.9 Å². The van der Waals surface area contributed by atoms with Gasteiger partial charge in [0, 0.05) is 24.2 Å². The van der Waals surface area contributed by atoms with Crippen molar-refractivity contribution in [2.75, 3.05) is 30.4 Å². The van der Waals surface area contributed by atoms with E-state index in [0.717, 1.165) is 42.7 Å². The Morgan fingerprint density at radius 1 is 1.15 bits per heavy atom. The number of nitrogens with one attached hydrogen (secondary N) is 1. The Labute approximate surface area is 162 Å². The Hall–Kier alpha value is -2.79. The molecule has 0 aliphatic carbocycles. The molecule has 0 saturated carbocycles. The van der Waals surface area contributed by atoms with Gasteiger partial charge in [-0.3, -0.25) is 4.79 Å². The zero-order valence-electron chi connectivity index (χ0n) is 15.0. The third-order valence-corrected chi connectivity index (χ3v) is 5.06. The number of ether oxygens (including phenoxy) is 1. The van der Waals surface area contributed by atoms with Gasteiger partial charge in [-0.25, -0.2) is 4.98 Å². The smallest absolute Gasteiger partial charge is 0.259 e. The number of methoxy groups -OCH3 is 1. The number of halogens is 1. The summed E-state index contributed by atoms with van der Waals surface area (Å²) in [5.41, 5.74) is 2.08. The first-order valence-electron chi connectivity index (χ1n) is 8.95. The van der Waals surface area contributed by atoms with Gasteiger partial charge in [0.15, 0.2) is 0 Å². The molecule has 2 heterocycles. The number of anilines is 2. The van der Waals surface area contributed by atoms with Crippen molar-refractivity contribution in [1.29, 1.82) is 0 Å². The molecule has 1 N–H and O–H groups in total. The van der Waals surface area contributed by atoms with Gasteiger partial charge < -0.3 is 15.0 Å². The minimum Gasteiger partial charge on any atom is -0.495 e. The number of aromatic nitrogens is 1. The number of carbonyl (C=O) groups excluding carboxylic acids is 1. The van der Waals surface area contributed by atoms with E-state index in [1.807, 2.05) is 30.3 Å². The van der Waals surface area contributed by atoms with E-state index in [2.05, 4.69) is 10.2 Å². The topological polar surface area (TPSA) is 54.5 Å². The number of nitrogens with zero attached hydrogens (tertiary/aromatic N) is 2. The molecule has 1 saturated heterocycles. The molecular formula is C21H20ClN3O2. The van der Waals surface area contributed by atoms with Crippen LogP contribution < -0.4 is 15.0 Å². The molecule has 0 radical (unpaired) electrons. The highest BCUT2D eigenvalue weighted by atomic mass is 35.5. The highest BCUT2D eigenvalue weighted by molar-refractivity contribution is 6.32. The first-order chi connectivity index (χ1) is 13.2. The number of fused-ring (bicyclic) bond motifs is 1. The summed E-state index contributed by atoms with van der Waals surface area (Å²) in [6.07, 6.45) is 2.23. The van der Waals surface area contributed by atoms with E-state index < -0.39 is 0 Å². The minimum atomic E-state index is -0.198. The molecule has 1 aromatic heterocycles. The molecule has 2 aromatic carbocycles. The van der Waals surface area contributed by atoms with Crippen LogP contribution >= 0.6 is 11.6 Å². The van der Waals surface area contributed by atoms with E-state index in [-0.39, 0.29) is 5.91 Å². The van der Waals surface area contributed by atoms with Crippen molar-refractivity contribution in [3.8, 4) is 5.75 Å². The van der Waals surface area contributed by atoms with Crippen LogP contribution in [0, 0.1) is 0 Å². The lowest BCUT2D eigenvalue weighted by molar-refractivity contribution is 0.102. The summed E-state index contributed by atoms with van der Waals surface area (Å²) in [6, 6.07) is 15.0. The van der Waals surface area contributed by atoms with Crippen LogP contribution in [0.4, 0.5) is 11.5 Å². The van der Waals surface area contributed by atoms with E-state index in [1.165, 1.54) is 0 Å². The number of pyridine rings is 1. The first kappa shape index (κ1) is 17.6. The van der Waals surface area contributed by atoms with Crippen molar-refractivity contribution in [3.63, 3.8) is 0 Å². The van der Waals surface area contributed by atoms with Crippen molar-refractivity contribution in [2.24, 2.45) is 0 Å². The SMILES string of the molecule is COc1ccc(NC(=O)c2cc3ccccc3nc2N2CCCC2)cc1Cl. The third-order valence-electron chi connectivity index (χ3n) is 4.76. The Morgan fingerprint density at radius 2 is 1.93 bits per heavy atom. The van der Waals surface area contributed by atoms with Crippen LogP contribution in [-0.2, 0) is 0 Å². The standard InChI is InChI=1S/C21H20ClN3O2/c1-27-19-9-8-15(13-17(19)22)23-21(26)16-12-14-6-2-3-7-18(14)24-20(16)25-10-4-5-11-25/h2-3,6-9,12-13H,4-5,10-11H2,1H3,(H,23,26). The molecule has 5 nitrogen and oxygen atoms in total. The number of benzene rings is 2. The minimum absolute atomic E-state index is 0.198. The normalized spacial score (nSPS) is 13.8. The van der Waals surface area contributed by atoms with Crippen molar-refractivity contribution in [2.45, 2.75) is 12.8 Å². The summed E-state index contributed by atoms with van der Waals surface area (Å²) in [5.74, 6) is 1.11. The molecule has 0 spiro atoms. The number of para-hydroxylation sites is 1. The van der Waals surface area contributed by atoms with Gasteiger partial charge in [-0.2, -0.15) is 0 Å². The second-order valence-electron chi connectivity index (χ2n) is 6.55. The molecule has 1 aliphatic heterocycles. The van der Waals surface area contributed by atoms with Gasteiger partial charge in [-0.05, 0) is 43.2 Å². The van der Waals surface area contributed by atoms with Crippen LogP contribution in [0.1, 0.15) is 23.2 Å². The van der Waals surface area contributed by atoms with Crippen molar-refractivity contribution < 1.29 is 9.53 Å². The molecule has 4 rings (SSSR count). The van der Waals surface area contributed by atoms with Crippen LogP contribution in [0.5, 0.6) is 5.75 Å². The van der Waals surface area contributed by atoms with Crippen LogP contribution in [0.2, 0.25) is 5.02 Å². The first-order valence-corrected chi connectivity index (χ1v) is 9.33. The molecular weight excluding hydrogens is 362 g/mol. The lowest BCUT2D eigenvalue weighted by Gasteiger charge is -2.20. The molecule has 138 valence electrons. The van der Waals surface area contributed by atoms with Gasteiger partial charge in [0.1, 0.15) is 11.6 Å². The summed E-state index contributed by atoms with van der Waals surface area (Å²) in [4.78, 5) is 20.0. The zero-order chi connectivity index (χ0) is 18.8. The van der Waals surface area contributed by atoms with Gasteiger partial charge in [0.25, 0.3) is 5.91 Å². The van der Waals surface area contributed by atoms with Crippen LogP contribution in [-0.4, -0.2) is 31.1 Å². The van der Waals surface area contributed by atoms with Gasteiger partial charge in [-0.1, -0.05) is 29.8 Å². The van der Waals surface area contributed by atoms with E-state index >= 15 is 0 Å². The largest absolute Gasteiger partial charge is 0.495 e. The number of amides is 1. The van der Waals surface area contributed by atoms with Gasteiger partial charge in [0.05, 0.1) is 23.2 Å². The summed E-state index contributed by atoms with van der Waals surface area (Å²) in [6.45, 7) is 1.83. The van der Waals surface area contributed by atoms with Gasteiger partial charge in [0.2, 0.25) is 0 Å². The highest BCUT2D eigenvalue weighted by Gasteiger charge is 2.22. The van der Waals surface area contributed by atoms with E-state index in [1.54, 1.807) is 25.3 Å². The van der Waals surface area contributed by atoms with Gasteiger partial charge >= 0.3 is 0 Å². The molecule has 27 heavy (non-hydrogen) atoms. The lowest BCUT2D eigenvalue weighted by atomic mass is 10.1. The third kappa shape index (κ3) is 3.55. The lowest BCUT2D eigenvalue weighted by Crippen LogP contribution is -2.24. The maximum absolute atomic E-state index is 13.0. The molecule has 3 aromatic rings. The van der Waals surface area contributed by atoms with Crippen molar-refractivity contribution in [3.05, 3.63) is 59.1 Å². The fraction of sp³-hybridized carbons (Fsp3) is 0.238. The van der Waals surface area contributed by atoms with Crippen LogP contribution in [0.15, 0.2) is 48.5 Å². The maximum Gasteiger partial charge on any atom is 0.259 e. The van der Waals surface area contributed by atoms with Gasteiger partial charge in [-0.15, -0.1) is 0 Å². The zero-order valence-corrected chi connectivity index (χ0v) is 15.8. The summed E-state index contributed by atoms with van der Waals surface area (Å²) in [7, 11) is 1.56. The molecule has 1 amide bonds. The monoisotopic (exact) mass is 381 g/mol. The average Bonchev–Trinajstić information content (AvgIpc) is 3.22. The van der Waals surface area contributed by atoms with Crippen molar-refractivity contribution >= 4 is 39.9 Å². The fourth-order valence-corrected chi connectivity index (χ4v) is 3.64. The molecule has 0 atom stereocenters. The van der Waals surface area contributed by atoms with E-state index in [0.29, 0.717) is 22.0 Å². The van der Waals surface area contributed by atoms with E-state index in [4.69, 9.17) is 21.3 Å². The number of carbonyl (C=O) groups is 1. The fourth-order valence-electron chi connectivity index (χ4n) is 3.39. The van der Waals surface area contributed by atoms with Crippen molar-refractivity contribution in [1.82, 2.24) is 4.98 Å². The summed E-state index contributed by atoms with van der Waals surface area (Å²) in [5, 5.41) is 4.33. The van der Waals surface area contributed by atoms with E-state index in [9.17, 15) is 4.79 Å². The Morgan fingerprint density at radius 3 is 2.67 bits per heavy atom. The second kappa shape index (κ2) is 7.45. The number of rotatable bonds is 4. The highest BCUT2D eigenvalue weighted by Crippen LogP contribution is 2.30. The predicted molar refractivity (Wildman–Crippen MR) is 109 cm³/mol. The molecule has 0 bridgehead atoms. The molecule has 0 unspecified atom stereocenters. The summed E-state index contributed by atoms with van der Waals surface area (Å²) < 4.78 is 5.16. The Bertz CT molecular complexity index is 1000. The Balaban J connectivity index is 1.71.